The van der Waals surface area contributed by atoms with Gasteiger partial charge in [-0.05, 0) is 0 Å². The molecular formula is C7H7Br2ClGe. The molecule has 0 heterocycles. The normalized spacial score (nSPS) is 11.5. The quantitative estimate of drug-likeness (QED) is 0.706. The monoisotopic (exact) mass is 358 g/mol. The van der Waals surface area contributed by atoms with Gasteiger partial charge >= 0.3 is 87.8 Å². The van der Waals surface area contributed by atoms with Crippen molar-refractivity contribution in [1.29, 1.82) is 0 Å². The van der Waals surface area contributed by atoms with E-state index in [9.17, 15) is 0 Å². The SMILES string of the molecule is [Cl][Ge]([Br])([Br])[CH2]c1ccccc1. The molecule has 4 heteroatoms. The molecule has 0 bridgehead atoms. The van der Waals surface area contributed by atoms with Crippen LogP contribution in [0.5, 0.6) is 0 Å². The van der Waals surface area contributed by atoms with E-state index in [1.807, 2.05) is 18.2 Å². The van der Waals surface area contributed by atoms with Crippen LogP contribution < -0.4 is 0 Å². The van der Waals surface area contributed by atoms with E-state index in [-0.39, 0.29) is 0 Å². The van der Waals surface area contributed by atoms with Crippen molar-refractivity contribution in [2.75, 3.05) is 0 Å². The number of halogens is 3. The van der Waals surface area contributed by atoms with Crippen LogP contribution >= 0.6 is 38.0 Å². The molecule has 0 saturated heterocycles. The summed E-state index contributed by atoms with van der Waals surface area (Å²) < 4.78 is 0. The maximum absolute atomic E-state index is 6.09. The number of hydrogen-bond donors (Lipinski definition) is 0. The first-order chi connectivity index (χ1) is 5.08. The van der Waals surface area contributed by atoms with Crippen molar-refractivity contribution < 1.29 is 0 Å². The molecular weight excluding hydrogens is 352 g/mol. The molecule has 60 valence electrons. The van der Waals surface area contributed by atoms with Gasteiger partial charge in [0.05, 0.1) is 0 Å². The average molecular weight is 359 g/mol. The van der Waals surface area contributed by atoms with Gasteiger partial charge in [-0.25, -0.2) is 0 Å². The van der Waals surface area contributed by atoms with E-state index >= 15 is 0 Å². The van der Waals surface area contributed by atoms with E-state index in [0.29, 0.717) is 0 Å². The Hall–Kier alpha value is 1.01. The molecule has 0 N–H and O–H groups in total. The molecule has 0 fully saturated rings. The molecule has 0 aliphatic carbocycles. The van der Waals surface area contributed by atoms with E-state index in [4.69, 9.17) is 10.0 Å². The zero-order valence-electron chi connectivity index (χ0n) is 5.73. The number of hydrogen-bond acceptors (Lipinski definition) is 0. The summed E-state index contributed by atoms with van der Waals surface area (Å²) in [6, 6.07) is 10.2. The van der Waals surface area contributed by atoms with Crippen molar-refractivity contribution in [1.82, 2.24) is 0 Å². The molecule has 0 unspecified atom stereocenters. The molecule has 0 nitrogen and oxygen atoms in total. The van der Waals surface area contributed by atoms with Gasteiger partial charge in [-0.1, -0.05) is 0 Å². The fraction of sp³-hybridized carbons (Fsp3) is 0.143. The topological polar surface area (TPSA) is 0 Å². The Morgan fingerprint density at radius 3 is 2.18 bits per heavy atom. The van der Waals surface area contributed by atoms with Gasteiger partial charge in [0.25, 0.3) is 0 Å². The van der Waals surface area contributed by atoms with Crippen molar-refractivity contribution in [3.63, 3.8) is 0 Å². The molecule has 0 amide bonds. The first kappa shape index (κ1) is 10.1. The van der Waals surface area contributed by atoms with Gasteiger partial charge in [0.2, 0.25) is 0 Å². The molecule has 0 aliphatic heterocycles. The Balaban J connectivity index is 2.66. The van der Waals surface area contributed by atoms with Crippen LogP contribution in [0.2, 0.25) is 0 Å². The minimum absolute atomic E-state index is 0.947. The van der Waals surface area contributed by atoms with Crippen molar-refractivity contribution in [3.05, 3.63) is 35.9 Å². The predicted molar refractivity (Wildman–Crippen MR) is 59.6 cm³/mol. The second-order valence-electron chi connectivity index (χ2n) is 2.28. The summed E-state index contributed by atoms with van der Waals surface area (Å²) >= 11 is 6.97. The predicted octanol–water partition coefficient (Wildman–Crippen LogP) is 3.74. The summed E-state index contributed by atoms with van der Waals surface area (Å²) in [6.45, 7) is 0. The second kappa shape index (κ2) is 4.31. The summed E-state index contributed by atoms with van der Waals surface area (Å²) in [5.41, 5.74) is 1.29. The first-order valence-electron chi connectivity index (χ1n) is 3.18. The Labute approximate surface area is 87.1 Å². The van der Waals surface area contributed by atoms with E-state index in [1.54, 1.807) is 0 Å². The number of benzene rings is 1. The van der Waals surface area contributed by atoms with Crippen LogP contribution in [0.15, 0.2) is 30.3 Å². The average Bonchev–Trinajstić information content (AvgIpc) is 1.85. The molecule has 0 atom stereocenters. The second-order valence-corrected chi connectivity index (χ2v) is 33.3. The van der Waals surface area contributed by atoms with Gasteiger partial charge in [-0.3, -0.25) is 0 Å². The molecule has 1 aromatic carbocycles. The summed E-state index contributed by atoms with van der Waals surface area (Å²) in [6.07, 6.45) is 0. The van der Waals surface area contributed by atoms with E-state index in [2.05, 4.69) is 40.1 Å². The zero-order chi connectivity index (χ0) is 8.32. The zero-order valence-corrected chi connectivity index (χ0v) is 11.8. The molecule has 0 aromatic heterocycles. The molecule has 0 saturated carbocycles. The Kier molecular flexibility index (Phi) is 3.95. The van der Waals surface area contributed by atoms with Crippen LogP contribution in [0, 0.1) is 0 Å². The standard InChI is InChI=1S/C7H7Br2ClGe/c8-11(9,10)6-7-4-2-1-3-5-7/h1-5H,6H2. The minimum atomic E-state index is -2.26. The fourth-order valence-corrected chi connectivity index (χ4v) is 6.46. The molecule has 1 rings (SSSR count). The number of rotatable bonds is 2. The van der Waals surface area contributed by atoms with Gasteiger partial charge in [0.1, 0.15) is 0 Å². The van der Waals surface area contributed by atoms with Crippen molar-refractivity contribution in [2.45, 2.75) is 5.25 Å². The summed E-state index contributed by atoms with van der Waals surface area (Å²) in [4.78, 5) is 0. The Morgan fingerprint density at radius 2 is 1.73 bits per heavy atom. The molecule has 11 heavy (non-hydrogen) atoms. The van der Waals surface area contributed by atoms with Crippen LogP contribution in [0.25, 0.3) is 0 Å². The van der Waals surface area contributed by atoms with E-state index in [0.717, 1.165) is 5.25 Å². The summed E-state index contributed by atoms with van der Waals surface area (Å²) in [5.74, 6) is 0. The van der Waals surface area contributed by atoms with Gasteiger partial charge < -0.3 is 0 Å². The van der Waals surface area contributed by atoms with Gasteiger partial charge in [-0.15, -0.1) is 0 Å². The third-order valence-corrected chi connectivity index (χ3v) is 6.55. The van der Waals surface area contributed by atoms with E-state index < -0.39 is 8.65 Å². The fourth-order valence-electron chi connectivity index (χ4n) is 0.827. The molecule has 0 spiro atoms. The first-order valence-corrected chi connectivity index (χ1v) is 17.3. The Morgan fingerprint density at radius 1 is 1.18 bits per heavy atom. The van der Waals surface area contributed by atoms with Crippen LogP contribution in [-0.2, 0) is 5.25 Å². The summed E-state index contributed by atoms with van der Waals surface area (Å²) in [7, 11) is 3.83. The van der Waals surface area contributed by atoms with Gasteiger partial charge in [0, 0.05) is 0 Å². The van der Waals surface area contributed by atoms with Crippen molar-refractivity contribution in [3.8, 4) is 0 Å². The summed E-state index contributed by atoms with van der Waals surface area (Å²) in [5, 5.41) is 0.947. The molecule has 1 aromatic rings. The van der Waals surface area contributed by atoms with Crippen LogP contribution in [-0.4, -0.2) is 8.65 Å². The maximum atomic E-state index is 6.09. The Bertz CT molecular complexity index is 220. The van der Waals surface area contributed by atoms with Crippen LogP contribution in [0.1, 0.15) is 5.56 Å². The molecule has 0 radical (unpaired) electrons. The van der Waals surface area contributed by atoms with E-state index in [1.165, 1.54) is 5.56 Å². The van der Waals surface area contributed by atoms with Crippen LogP contribution in [0.3, 0.4) is 0 Å². The van der Waals surface area contributed by atoms with Crippen LogP contribution in [0.4, 0.5) is 0 Å². The van der Waals surface area contributed by atoms with Crippen molar-refractivity contribution >= 4 is 46.7 Å². The van der Waals surface area contributed by atoms with Crippen molar-refractivity contribution in [2.24, 2.45) is 0 Å². The third-order valence-electron chi connectivity index (χ3n) is 1.25. The third kappa shape index (κ3) is 4.56. The molecule has 0 aliphatic rings. The van der Waals surface area contributed by atoms with Gasteiger partial charge in [0.15, 0.2) is 0 Å². The van der Waals surface area contributed by atoms with Gasteiger partial charge in [-0.2, -0.15) is 0 Å².